The minimum Gasteiger partial charge on any atom is -0.492 e. The Hall–Kier alpha value is -2.75. The second-order valence-corrected chi connectivity index (χ2v) is 5.97. The maximum atomic E-state index is 11.8. The molecule has 0 radical (unpaired) electrons. The standard InChI is InChI=1S/C17H22N2O5/c1-17(2,3)24-16(21)19-13(15(20)22-4)9-10-23-14-8-6-5-7-12(14)11-18/h5-8,13H,9-10H2,1-4H3,(H,19,21). The quantitative estimate of drug-likeness (QED) is 0.802. The summed E-state index contributed by atoms with van der Waals surface area (Å²) in [5, 5.41) is 11.5. The van der Waals surface area contributed by atoms with Gasteiger partial charge >= 0.3 is 12.1 Å². The van der Waals surface area contributed by atoms with Crippen LogP contribution in [0.3, 0.4) is 0 Å². The number of hydrogen-bond donors (Lipinski definition) is 1. The number of hydrogen-bond acceptors (Lipinski definition) is 6. The van der Waals surface area contributed by atoms with Crippen molar-refractivity contribution in [2.75, 3.05) is 13.7 Å². The molecule has 0 spiro atoms. The number of amides is 1. The van der Waals surface area contributed by atoms with E-state index < -0.39 is 23.7 Å². The predicted molar refractivity (Wildman–Crippen MR) is 86.4 cm³/mol. The third-order valence-electron chi connectivity index (χ3n) is 2.85. The molecule has 1 aromatic carbocycles. The van der Waals surface area contributed by atoms with Crippen LogP contribution in [0.1, 0.15) is 32.8 Å². The zero-order chi connectivity index (χ0) is 18.2. The number of carbonyl (C=O) groups excluding carboxylic acids is 2. The highest BCUT2D eigenvalue weighted by atomic mass is 16.6. The van der Waals surface area contributed by atoms with Crippen LogP contribution in [0.2, 0.25) is 0 Å². The number of esters is 1. The lowest BCUT2D eigenvalue weighted by Gasteiger charge is -2.22. The minimum absolute atomic E-state index is 0.119. The average molecular weight is 334 g/mol. The van der Waals surface area contributed by atoms with E-state index in [0.29, 0.717) is 11.3 Å². The van der Waals surface area contributed by atoms with Gasteiger partial charge in [-0.2, -0.15) is 5.26 Å². The SMILES string of the molecule is COC(=O)C(CCOc1ccccc1C#N)NC(=O)OC(C)(C)C. The van der Waals surface area contributed by atoms with E-state index in [1.165, 1.54) is 7.11 Å². The molecule has 0 aromatic heterocycles. The molecule has 0 saturated carbocycles. The van der Waals surface area contributed by atoms with Gasteiger partial charge in [0.15, 0.2) is 0 Å². The van der Waals surface area contributed by atoms with Gasteiger partial charge < -0.3 is 19.5 Å². The van der Waals surface area contributed by atoms with Crippen molar-refractivity contribution >= 4 is 12.1 Å². The largest absolute Gasteiger partial charge is 0.492 e. The molecule has 1 aromatic rings. The number of ether oxygens (including phenoxy) is 3. The Morgan fingerprint density at radius 1 is 1.29 bits per heavy atom. The fourth-order valence-corrected chi connectivity index (χ4v) is 1.81. The van der Waals surface area contributed by atoms with E-state index in [4.69, 9.17) is 14.7 Å². The van der Waals surface area contributed by atoms with E-state index in [9.17, 15) is 9.59 Å². The van der Waals surface area contributed by atoms with Gasteiger partial charge in [-0.1, -0.05) is 12.1 Å². The predicted octanol–water partition coefficient (Wildman–Crippen LogP) is 2.39. The first kappa shape index (κ1) is 19.3. The third kappa shape index (κ3) is 6.57. The second-order valence-electron chi connectivity index (χ2n) is 5.97. The van der Waals surface area contributed by atoms with Gasteiger partial charge in [0.2, 0.25) is 0 Å². The number of carbonyl (C=O) groups is 2. The molecule has 0 heterocycles. The highest BCUT2D eigenvalue weighted by Gasteiger charge is 2.25. The minimum atomic E-state index is -0.904. The third-order valence-corrected chi connectivity index (χ3v) is 2.85. The highest BCUT2D eigenvalue weighted by molar-refractivity contribution is 5.81. The van der Waals surface area contributed by atoms with Gasteiger partial charge in [0.05, 0.1) is 19.3 Å². The van der Waals surface area contributed by atoms with E-state index in [1.54, 1.807) is 45.0 Å². The molecule has 0 fully saturated rings. The lowest BCUT2D eigenvalue weighted by Crippen LogP contribution is -2.44. The van der Waals surface area contributed by atoms with Crippen molar-refractivity contribution in [1.29, 1.82) is 5.26 Å². The summed E-state index contributed by atoms with van der Waals surface area (Å²) in [4.78, 5) is 23.6. The molecule has 0 bridgehead atoms. The lowest BCUT2D eigenvalue weighted by atomic mass is 10.2. The van der Waals surface area contributed by atoms with Crippen molar-refractivity contribution in [3.63, 3.8) is 0 Å². The monoisotopic (exact) mass is 334 g/mol. The van der Waals surface area contributed by atoms with Gasteiger partial charge in [-0.15, -0.1) is 0 Å². The van der Waals surface area contributed by atoms with E-state index in [2.05, 4.69) is 10.1 Å². The average Bonchev–Trinajstić information content (AvgIpc) is 2.51. The summed E-state index contributed by atoms with van der Waals surface area (Å²) in [5.41, 5.74) is -0.278. The molecule has 1 atom stereocenters. The zero-order valence-corrected chi connectivity index (χ0v) is 14.3. The number of benzene rings is 1. The van der Waals surface area contributed by atoms with Crippen LogP contribution in [0, 0.1) is 11.3 Å². The summed E-state index contributed by atoms with van der Waals surface area (Å²) < 4.78 is 15.3. The van der Waals surface area contributed by atoms with Gasteiger partial charge in [0.1, 0.15) is 23.5 Å². The first-order valence-electron chi connectivity index (χ1n) is 7.46. The number of alkyl carbamates (subject to hydrolysis) is 1. The van der Waals surface area contributed by atoms with E-state index in [-0.39, 0.29) is 13.0 Å². The first-order valence-corrected chi connectivity index (χ1v) is 7.46. The molecule has 130 valence electrons. The van der Waals surface area contributed by atoms with Gasteiger partial charge in [-0.25, -0.2) is 9.59 Å². The normalized spacial score (nSPS) is 11.8. The molecule has 7 nitrogen and oxygen atoms in total. The molecule has 24 heavy (non-hydrogen) atoms. The molecule has 1 N–H and O–H groups in total. The molecule has 1 amide bonds. The smallest absolute Gasteiger partial charge is 0.408 e. The molecular weight excluding hydrogens is 312 g/mol. The van der Waals surface area contributed by atoms with Gasteiger partial charge in [0, 0.05) is 6.42 Å². The maximum absolute atomic E-state index is 11.8. The Labute approximate surface area is 141 Å². The van der Waals surface area contributed by atoms with Crippen molar-refractivity contribution in [3.8, 4) is 11.8 Å². The van der Waals surface area contributed by atoms with Crippen LogP contribution in [-0.4, -0.2) is 37.4 Å². The van der Waals surface area contributed by atoms with Crippen molar-refractivity contribution in [3.05, 3.63) is 29.8 Å². The number of nitrogens with one attached hydrogen (secondary N) is 1. The lowest BCUT2D eigenvalue weighted by molar-refractivity contribution is -0.143. The summed E-state index contributed by atoms with van der Waals surface area (Å²) >= 11 is 0. The van der Waals surface area contributed by atoms with Gasteiger partial charge in [0.25, 0.3) is 0 Å². The van der Waals surface area contributed by atoms with Crippen LogP contribution in [-0.2, 0) is 14.3 Å². The maximum Gasteiger partial charge on any atom is 0.408 e. The molecular formula is C17H22N2O5. The summed E-state index contributed by atoms with van der Waals surface area (Å²) in [6, 6.07) is 7.88. The van der Waals surface area contributed by atoms with E-state index >= 15 is 0 Å². The Kier molecular flexibility index (Phi) is 7.05. The summed E-state index contributed by atoms with van der Waals surface area (Å²) in [7, 11) is 1.23. The molecule has 0 saturated heterocycles. The van der Waals surface area contributed by atoms with Crippen molar-refractivity contribution < 1.29 is 23.8 Å². The highest BCUT2D eigenvalue weighted by Crippen LogP contribution is 2.17. The number of para-hydroxylation sites is 1. The number of nitriles is 1. The Bertz CT molecular complexity index is 616. The van der Waals surface area contributed by atoms with Gasteiger partial charge in [-0.05, 0) is 32.9 Å². The van der Waals surface area contributed by atoms with Crippen LogP contribution >= 0.6 is 0 Å². The Balaban J connectivity index is 2.62. The van der Waals surface area contributed by atoms with Crippen LogP contribution in [0.15, 0.2) is 24.3 Å². The summed E-state index contributed by atoms with van der Waals surface area (Å²) in [6.45, 7) is 5.29. The van der Waals surface area contributed by atoms with E-state index in [0.717, 1.165) is 0 Å². The van der Waals surface area contributed by atoms with Crippen molar-refractivity contribution in [2.45, 2.75) is 38.8 Å². The Morgan fingerprint density at radius 3 is 2.54 bits per heavy atom. The topological polar surface area (TPSA) is 97.6 Å². The van der Waals surface area contributed by atoms with Crippen LogP contribution < -0.4 is 10.1 Å². The van der Waals surface area contributed by atoms with Gasteiger partial charge in [-0.3, -0.25) is 0 Å². The van der Waals surface area contributed by atoms with Crippen LogP contribution in [0.5, 0.6) is 5.75 Å². The second kappa shape index (κ2) is 8.77. The van der Waals surface area contributed by atoms with Crippen molar-refractivity contribution in [2.24, 2.45) is 0 Å². The molecule has 1 rings (SSSR count). The van der Waals surface area contributed by atoms with Crippen LogP contribution in [0.25, 0.3) is 0 Å². The molecule has 7 heteroatoms. The molecule has 0 aliphatic carbocycles. The fourth-order valence-electron chi connectivity index (χ4n) is 1.81. The summed E-state index contributed by atoms with van der Waals surface area (Å²) in [5.74, 6) is -0.182. The van der Waals surface area contributed by atoms with E-state index in [1.807, 2.05) is 6.07 Å². The fraction of sp³-hybridized carbons (Fsp3) is 0.471. The first-order chi connectivity index (χ1) is 11.3. The number of nitrogens with zero attached hydrogens (tertiary/aromatic N) is 1. The number of rotatable bonds is 6. The zero-order valence-electron chi connectivity index (χ0n) is 14.3. The van der Waals surface area contributed by atoms with Crippen molar-refractivity contribution in [1.82, 2.24) is 5.32 Å². The summed E-state index contributed by atoms with van der Waals surface area (Å²) in [6.07, 6.45) is -0.540. The molecule has 1 unspecified atom stereocenters. The molecule has 0 aliphatic rings. The molecule has 0 aliphatic heterocycles. The van der Waals surface area contributed by atoms with Crippen LogP contribution in [0.4, 0.5) is 4.79 Å². The Morgan fingerprint density at radius 2 is 1.96 bits per heavy atom. The number of methoxy groups -OCH3 is 1.